The Morgan fingerprint density at radius 1 is 1.32 bits per heavy atom. The monoisotopic (exact) mass is 341 g/mol. The van der Waals surface area contributed by atoms with Crippen LogP contribution in [0.1, 0.15) is 40.5 Å². The van der Waals surface area contributed by atoms with Crippen LogP contribution in [0.25, 0.3) is 0 Å². The van der Waals surface area contributed by atoms with Crippen molar-refractivity contribution in [3.8, 4) is 0 Å². The first-order valence-electron chi connectivity index (χ1n) is 8.82. The Morgan fingerprint density at radius 2 is 2.08 bits per heavy atom. The summed E-state index contributed by atoms with van der Waals surface area (Å²) in [5, 5.41) is 3.58. The second-order valence-corrected chi connectivity index (χ2v) is 6.95. The summed E-state index contributed by atoms with van der Waals surface area (Å²) in [7, 11) is 4.27. The number of nitrogens with two attached hydrogens (primary N) is 1. The van der Waals surface area contributed by atoms with Crippen LogP contribution in [0.4, 0.5) is 0 Å². The van der Waals surface area contributed by atoms with E-state index in [1.165, 1.54) is 18.5 Å². The summed E-state index contributed by atoms with van der Waals surface area (Å²) in [6.07, 6.45) is 6.31. The number of likely N-dealkylation sites (tertiary alicyclic amines) is 1. The van der Waals surface area contributed by atoms with Crippen LogP contribution < -0.4 is 11.1 Å². The maximum Gasteiger partial charge on any atom is 0.248 e. The number of nitrogens with one attached hydrogen (secondary N) is 1. The molecule has 134 valence electrons. The van der Waals surface area contributed by atoms with E-state index in [1.54, 1.807) is 12.1 Å². The highest BCUT2D eigenvalue weighted by Gasteiger charge is 2.31. The van der Waals surface area contributed by atoms with E-state index >= 15 is 0 Å². The van der Waals surface area contributed by atoms with Crippen molar-refractivity contribution in [2.24, 2.45) is 18.7 Å². The molecular weight excluding hydrogens is 314 g/mol. The van der Waals surface area contributed by atoms with E-state index in [1.807, 2.05) is 24.7 Å². The number of carbonyl (C=O) groups excluding carboxylic acids is 1. The molecule has 3 rings (SSSR count). The number of nitrogens with zero attached hydrogens (tertiary/aromatic N) is 3. The number of hydrogen-bond donors (Lipinski definition) is 2. The lowest BCUT2D eigenvalue weighted by Crippen LogP contribution is -2.41. The molecule has 0 saturated carbocycles. The molecule has 1 aliphatic heterocycles. The Labute approximate surface area is 149 Å². The van der Waals surface area contributed by atoms with Crippen molar-refractivity contribution in [2.75, 3.05) is 20.1 Å². The number of rotatable bonds is 6. The van der Waals surface area contributed by atoms with Gasteiger partial charge < -0.3 is 15.6 Å². The third-order valence-corrected chi connectivity index (χ3v) is 5.14. The van der Waals surface area contributed by atoms with Crippen LogP contribution in [0, 0.1) is 5.92 Å². The zero-order chi connectivity index (χ0) is 17.8. The number of piperidine rings is 1. The third-order valence-electron chi connectivity index (χ3n) is 5.14. The van der Waals surface area contributed by atoms with Gasteiger partial charge in [-0.15, -0.1) is 0 Å². The zero-order valence-electron chi connectivity index (χ0n) is 15.0. The number of primary amides is 1. The number of carbonyl (C=O) groups is 1. The van der Waals surface area contributed by atoms with Gasteiger partial charge in [-0.1, -0.05) is 12.1 Å². The molecule has 3 N–H and O–H groups in total. The molecule has 1 saturated heterocycles. The van der Waals surface area contributed by atoms with E-state index in [-0.39, 0.29) is 5.91 Å². The van der Waals surface area contributed by atoms with E-state index < -0.39 is 0 Å². The van der Waals surface area contributed by atoms with Crippen molar-refractivity contribution in [2.45, 2.75) is 25.4 Å². The SMILES string of the molecule is CN1CCC[C@@H](CNCc2ccc(C(N)=O)cc2)[C@@H]1c1cncn1C. The molecule has 2 heterocycles. The van der Waals surface area contributed by atoms with Crippen molar-refractivity contribution in [3.63, 3.8) is 0 Å². The number of imidazole rings is 1. The minimum atomic E-state index is -0.385. The summed E-state index contributed by atoms with van der Waals surface area (Å²) in [5.41, 5.74) is 8.27. The average molecular weight is 341 g/mol. The Bertz CT molecular complexity index is 709. The molecular formula is C19H27N5O. The maximum atomic E-state index is 11.1. The van der Waals surface area contributed by atoms with Crippen molar-refractivity contribution >= 4 is 5.91 Å². The Morgan fingerprint density at radius 3 is 2.72 bits per heavy atom. The van der Waals surface area contributed by atoms with Gasteiger partial charge in [0.15, 0.2) is 0 Å². The normalized spacial score (nSPS) is 21.4. The first-order valence-corrected chi connectivity index (χ1v) is 8.82. The molecule has 1 aromatic heterocycles. The summed E-state index contributed by atoms with van der Waals surface area (Å²) in [6, 6.07) is 7.88. The summed E-state index contributed by atoms with van der Waals surface area (Å²) >= 11 is 0. The molecule has 2 atom stereocenters. The molecule has 25 heavy (non-hydrogen) atoms. The predicted molar refractivity (Wildman–Crippen MR) is 98.0 cm³/mol. The van der Waals surface area contributed by atoms with Crippen molar-refractivity contribution < 1.29 is 4.79 Å². The minimum Gasteiger partial charge on any atom is -0.366 e. The highest BCUT2D eigenvalue weighted by Crippen LogP contribution is 2.34. The van der Waals surface area contributed by atoms with Gasteiger partial charge in [0.25, 0.3) is 0 Å². The molecule has 6 heteroatoms. The number of amides is 1. The van der Waals surface area contributed by atoms with Crippen LogP contribution in [0.5, 0.6) is 0 Å². The van der Waals surface area contributed by atoms with E-state index in [0.29, 0.717) is 17.5 Å². The highest BCUT2D eigenvalue weighted by molar-refractivity contribution is 5.92. The number of hydrogen-bond acceptors (Lipinski definition) is 4. The number of aryl methyl sites for hydroxylation is 1. The van der Waals surface area contributed by atoms with Crippen LogP contribution in [0.15, 0.2) is 36.8 Å². The van der Waals surface area contributed by atoms with Crippen LogP contribution in [0.3, 0.4) is 0 Å². The lowest BCUT2D eigenvalue weighted by molar-refractivity contribution is 0.100. The lowest BCUT2D eigenvalue weighted by atomic mass is 9.87. The first-order chi connectivity index (χ1) is 12.1. The molecule has 0 unspecified atom stereocenters. The fourth-order valence-electron chi connectivity index (χ4n) is 3.78. The van der Waals surface area contributed by atoms with E-state index in [4.69, 9.17) is 5.73 Å². The molecule has 0 radical (unpaired) electrons. The van der Waals surface area contributed by atoms with Gasteiger partial charge in [0.1, 0.15) is 0 Å². The Kier molecular flexibility index (Phi) is 5.50. The molecule has 6 nitrogen and oxygen atoms in total. The number of benzene rings is 1. The van der Waals surface area contributed by atoms with E-state index in [2.05, 4.69) is 33.9 Å². The smallest absolute Gasteiger partial charge is 0.248 e. The van der Waals surface area contributed by atoms with Gasteiger partial charge >= 0.3 is 0 Å². The lowest BCUT2D eigenvalue weighted by Gasteiger charge is -2.39. The maximum absolute atomic E-state index is 11.1. The van der Waals surface area contributed by atoms with E-state index in [0.717, 1.165) is 25.2 Å². The van der Waals surface area contributed by atoms with Crippen LogP contribution in [-0.2, 0) is 13.6 Å². The second kappa shape index (κ2) is 7.80. The van der Waals surface area contributed by atoms with Crippen LogP contribution in [-0.4, -0.2) is 40.5 Å². The number of aromatic nitrogens is 2. The second-order valence-electron chi connectivity index (χ2n) is 6.95. The quantitative estimate of drug-likeness (QED) is 0.838. The van der Waals surface area contributed by atoms with Gasteiger partial charge in [-0.2, -0.15) is 0 Å². The largest absolute Gasteiger partial charge is 0.366 e. The topological polar surface area (TPSA) is 76.2 Å². The van der Waals surface area contributed by atoms with Gasteiger partial charge in [-0.3, -0.25) is 9.69 Å². The summed E-state index contributed by atoms with van der Waals surface area (Å²) < 4.78 is 2.13. The molecule has 2 aromatic rings. The van der Waals surface area contributed by atoms with Gasteiger partial charge in [-0.05, 0) is 50.0 Å². The van der Waals surface area contributed by atoms with Gasteiger partial charge in [-0.25, -0.2) is 4.98 Å². The van der Waals surface area contributed by atoms with Gasteiger partial charge in [0.2, 0.25) is 5.91 Å². The third kappa shape index (κ3) is 4.08. The molecule has 1 fully saturated rings. The molecule has 0 aliphatic carbocycles. The minimum absolute atomic E-state index is 0.385. The van der Waals surface area contributed by atoms with Crippen molar-refractivity contribution in [1.82, 2.24) is 19.8 Å². The van der Waals surface area contributed by atoms with Gasteiger partial charge in [0, 0.05) is 31.9 Å². The van der Waals surface area contributed by atoms with Crippen LogP contribution >= 0.6 is 0 Å². The Hall–Kier alpha value is -2.18. The standard InChI is InChI=1S/C19H27N5O/c1-23-9-3-4-16(18(23)17-12-22-13-24(17)2)11-21-10-14-5-7-15(8-6-14)19(20)25/h5-8,12-13,16,18,21H,3-4,9-11H2,1-2H3,(H2,20,25)/t16-,18+/m0/s1. The zero-order valence-corrected chi connectivity index (χ0v) is 15.0. The van der Waals surface area contributed by atoms with Gasteiger partial charge in [0.05, 0.1) is 18.1 Å². The predicted octanol–water partition coefficient (Wildman–Crippen LogP) is 1.69. The van der Waals surface area contributed by atoms with E-state index in [9.17, 15) is 4.79 Å². The average Bonchev–Trinajstić information content (AvgIpc) is 3.01. The molecule has 1 aromatic carbocycles. The molecule has 0 bridgehead atoms. The highest BCUT2D eigenvalue weighted by atomic mass is 16.1. The summed E-state index contributed by atoms with van der Waals surface area (Å²) in [4.78, 5) is 17.9. The van der Waals surface area contributed by atoms with Crippen LogP contribution in [0.2, 0.25) is 0 Å². The molecule has 1 amide bonds. The summed E-state index contributed by atoms with van der Waals surface area (Å²) in [6.45, 7) is 2.87. The fraction of sp³-hybridized carbons (Fsp3) is 0.474. The van der Waals surface area contributed by atoms with Crippen molar-refractivity contribution in [1.29, 1.82) is 0 Å². The molecule has 0 spiro atoms. The summed E-state index contributed by atoms with van der Waals surface area (Å²) in [5.74, 6) is 0.169. The van der Waals surface area contributed by atoms with Crippen molar-refractivity contribution in [3.05, 3.63) is 53.6 Å². The first kappa shape index (κ1) is 17.6. The molecule has 1 aliphatic rings. The fourth-order valence-corrected chi connectivity index (χ4v) is 3.78. The Balaban J connectivity index is 1.60.